The van der Waals surface area contributed by atoms with E-state index < -0.39 is 23.0 Å². The minimum atomic E-state index is -4.44. The number of hydrogen-bond acceptors (Lipinski definition) is 6. The molecule has 1 fully saturated rings. The van der Waals surface area contributed by atoms with Crippen molar-refractivity contribution in [2.75, 3.05) is 17.3 Å². The lowest BCUT2D eigenvalue weighted by Gasteiger charge is -2.27. The minimum absolute atomic E-state index is 0.0471. The predicted octanol–water partition coefficient (Wildman–Crippen LogP) is 5.54. The molecule has 4 amide bonds. The van der Waals surface area contributed by atoms with E-state index in [4.69, 9.17) is 0 Å². The van der Waals surface area contributed by atoms with Crippen LogP contribution in [-0.2, 0) is 11.3 Å². The number of thioether (sulfide) groups is 1. The standard InChI is InChI=1S/C26H24F3N5O3S/c1-25(2)23(36)34(19-7-9-20(10-8-19)38-26(27,28)29)24(37)33(25)15-16-11-12-31-21(13-16)32-18-6-4-5-17(14-18)22(35)30-3/h4-14H,15H2,1-3H3,(H,30,35)(H,31,32). The Balaban J connectivity index is 1.52. The van der Waals surface area contributed by atoms with Gasteiger partial charge in [-0.2, -0.15) is 13.2 Å². The Labute approximate surface area is 221 Å². The molecule has 2 heterocycles. The molecule has 0 saturated carbocycles. The fraction of sp³-hybridized carbons (Fsp3) is 0.231. The smallest absolute Gasteiger partial charge is 0.355 e. The number of benzene rings is 2. The lowest BCUT2D eigenvalue weighted by atomic mass is 10.0. The van der Waals surface area contributed by atoms with Crippen LogP contribution < -0.4 is 15.5 Å². The first kappa shape index (κ1) is 27.0. The zero-order valence-electron chi connectivity index (χ0n) is 20.7. The Morgan fingerprint density at radius 2 is 1.76 bits per heavy atom. The Morgan fingerprint density at radius 3 is 2.42 bits per heavy atom. The fourth-order valence-corrected chi connectivity index (χ4v) is 4.52. The summed E-state index contributed by atoms with van der Waals surface area (Å²) in [5.74, 6) is -0.243. The number of halogens is 3. The van der Waals surface area contributed by atoms with E-state index in [2.05, 4.69) is 15.6 Å². The summed E-state index contributed by atoms with van der Waals surface area (Å²) in [5.41, 5.74) is -3.64. The van der Waals surface area contributed by atoms with Gasteiger partial charge in [-0.25, -0.2) is 14.7 Å². The molecular formula is C26H24F3N5O3S. The molecule has 3 aromatic rings. The number of urea groups is 1. The summed E-state index contributed by atoms with van der Waals surface area (Å²) in [4.78, 5) is 45.1. The first-order valence-corrected chi connectivity index (χ1v) is 12.3. The first-order valence-electron chi connectivity index (χ1n) is 11.4. The number of carbonyl (C=O) groups excluding carboxylic acids is 3. The van der Waals surface area contributed by atoms with Crippen LogP contribution in [0.2, 0.25) is 0 Å². The van der Waals surface area contributed by atoms with Crippen molar-refractivity contribution in [3.8, 4) is 0 Å². The lowest BCUT2D eigenvalue weighted by Crippen LogP contribution is -2.43. The van der Waals surface area contributed by atoms with Crippen LogP contribution >= 0.6 is 11.8 Å². The molecule has 0 atom stereocenters. The maximum Gasteiger partial charge on any atom is 0.446 e. The Hall–Kier alpha value is -4.06. The van der Waals surface area contributed by atoms with Crippen molar-refractivity contribution in [3.05, 3.63) is 78.0 Å². The summed E-state index contributed by atoms with van der Waals surface area (Å²) in [7, 11) is 1.54. The molecule has 38 heavy (non-hydrogen) atoms. The third-order valence-electron chi connectivity index (χ3n) is 5.94. The second-order valence-corrected chi connectivity index (χ2v) is 10.1. The third kappa shape index (κ3) is 5.75. The van der Waals surface area contributed by atoms with Crippen LogP contribution in [0.1, 0.15) is 29.8 Å². The van der Waals surface area contributed by atoms with Gasteiger partial charge in [-0.1, -0.05) is 6.07 Å². The van der Waals surface area contributed by atoms with Crippen LogP contribution in [-0.4, -0.2) is 45.8 Å². The van der Waals surface area contributed by atoms with Gasteiger partial charge in [0.25, 0.3) is 11.8 Å². The summed E-state index contributed by atoms with van der Waals surface area (Å²) in [6.45, 7) is 3.32. The summed E-state index contributed by atoms with van der Waals surface area (Å²) in [6, 6.07) is 14.8. The van der Waals surface area contributed by atoms with Gasteiger partial charge in [0.2, 0.25) is 0 Å². The average molecular weight is 544 g/mol. The number of rotatable bonds is 7. The van der Waals surface area contributed by atoms with Gasteiger partial charge in [-0.15, -0.1) is 0 Å². The number of pyridine rings is 1. The molecule has 2 N–H and O–H groups in total. The number of alkyl halides is 3. The van der Waals surface area contributed by atoms with E-state index >= 15 is 0 Å². The van der Waals surface area contributed by atoms with E-state index in [0.29, 0.717) is 22.6 Å². The Kier molecular flexibility index (Phi) is 7.36. The summed E-state index contributed by atoms with van der Waals surface area (Å²) in [6.07, 6.45) is 1.56. The molecule has 1 aliphatic rings. The Bertz CT molecular complexity index is 1380. The van der Waals surface area contributed by atoms with E-state index in [1.54, 1.807) is 63.5 Å². The predicted molar refractivity (Wildman–Crippen MR) is 138 cm³/mol. The van der Waals surface area contributed by atoms with Gasteiger partial charge in [0.1, 0.15) is 11.4 Å². The van der Waals surface area contributed by atoms with Gasteiger partial charge in [0.05, 0.1) is 5.69 Å². The van der Waals surface area contributed by atoms with Gasteiger partial charge in [-0.05, 0) is 85.8 Å². The average Bonchev–Trinajstić information content (AvgIpc) is 3.03. The SMILES string of the molecule is CNC(=O)c1cccc(Nc2cc(CN3C(=O)N(c4ccc(SC(F)(F)F)cc4)C(=O)C3(C)C)ccn2)c1. The molecular weight excluding hydrogens is 519 g/mol. The molecule has 0 unspecified atom stereocenters. The number of nitrogens with zero attached hydrogens (tertiary/aromatic N) is 3. The van der Waals surface area contributed by atoms with Crippen LogP contribution in [0, 0.1) is 0 Å². The molecule has 2 aromatic carbocycles. The zero-order chi connectivity index (χ0) is 27.7. The summed E-state index contributed by atoms with van der Waals surface area (Å²) < 4.78 is 38.0. The van der Waals surface area contributed by atoms with Gasteiger partial charge in [0.15, 0.2) is 0 Å². The van der Waals surface area contributed by atoms with Crippen LogP contribution in [0.4, 0.5) is 35.2 Å². The highest BCUT2D eigenvalue weighted by molar-refractivity contribution is 8.00. The summed E-state index contributed by atoms with van der Waals surface area (Å²) >= 11 is -0.270. The van der Waals surface area contributed by atoms with E-state index in [9.17, 15) is 27.6 Å². The van der Waals surface area contributed by atoms with Crippen molar-refractivity contribution in [2.24, 2.45) is 0 Å². The molecule has 1 aromatic heterocycles. The number of aromatic nitrogens is 1. The minimum Gasteiger partial charge on any atom is -0.355 e. The van der Waals surface area contributed by atoms with Gasteiger partial charge < -0.3 is 15.5 Å². The van der Waals surface area contributed by atoms with Crippen LogP contribution in [0.25, 0.3) is 0 Å². The van der Waals surface area contributed by atoms with Crippen molar-refractivity contribution in [1.82, 2.24) is 15.2 Å². The van der Waals surface area contributed by atoms with E-state index in [-0.39, 0.29) is 34.8 Å². The van der Waals surface area contributed by atoms with Crippen molar-refractivity contribution in [2.45, 2.75) is 36.3 Å². The second kappa shape index (κ2) is 10.4. The molecule has 1 aliphatic heterocycles. The highest BCUT2D eigenvalue weighted by Crippen LogP contribution is 2.39. The van der Waals surface area contributed by atoms with Crippen molar-refractivity contribution >= 4 is 46.8 Å². The maximum absolute atomic E-state index is 13.3. The highest BCUT2D eigenvalue weighted by Gasteiger charge is 2.51. The third-order valence-corrected chi connectivity index (χ3v) is 6.68. The second-order valence-electron chi connectivity index (χ2n) is 8.94. The molecule has 0 radical (unpaired) electrons. The largest absolute Gasteiger partial charge is 0.446 e. The molecule has 198 valence electrons. The molecule has 0 aliphatic carbocycles. The normalized spacial score (nSPS) is 15.1. The number of amides is 4. The number of imide groups is 1. The van der Waals surface area contributed by atoms with Gasteiger partial charge in [0, 0.05) is 35.9 Å². The molecule has 12 heteroatoms. The number of carbonyl (C=O) groups is 3. The number of nitrogens with one attached hydrogen (secondary N) is 2. The number of anilines is 3. The van der Waals surface area contributed by atoms with E-state index in [1.165, 1.54) is 29.2 Å². The first-order chi connectivity index (χ1) is 17.9. The van der Waals surface area contributed by atoms with E-state index in [1.807, 2.05) is 0 Å². The monoisotopic (exact) mass is 543 g/mol. The van der Waals surface area contributed by atoms with Gasteiger partial charge in [-0.3, -0.25) is 9.59 Å². The van der Waals surface area contributed by atoms with Crippen molar-refractivity contribution < 1.29 is 27.6 Å². The van der Waals surface area contributed by atoms with Gasteiger partial charge >= 0.3 is 11.5 Å². The molecule has 0 bridgehead atoms. The lowest BCUT2D eigenvalue weighted by molar-refractivity contribution is -0.123. The van der Waals surface area contributed by atoms with E-state index in [0.717, 1.165) is 4.90 Å². The molecule has 4 rings (SSSR count). The van der Waals surface area contributed by atoms with Crippen LogP contribution in [0.3, 0.4) is 0 Å². The fourth-order valence-electron chi connectivity index (χ4n) is 3.98. The zero-order valence-corrected chi connectivity index (χ0v) is 21.5. The van der Waals surface area contributed by atoms with Crippen LogP contribution in [0.5, 0.6) is 0 Å². The van der Waals surface area contributed by atoms with Crippen molar-refractivity contribution in [3.63, 3.8) is 0 Å². The quantitative estimate of drug-likeness (QED) is 0.300. The number of hydrogen-bond donors (Lipinski definition) is 2. The molecule has 1 saturated heterocycles. The van der Waals surface area contributed by atoms with Crippen molar-refractivity contribution in [1.29, 1.82) is 0 Å². The molecule has 0 spiro atoms. The Morgan fingerprint density at radius 1 is 1.05 bits per heavy atom. The topological polar surface area (TPSA) is 94.6 Å². The maximum atomic E-state index is 13.3. The highest BCUT2D eigenvalue weighted by atomic mass is 32.2. The summed E-state index contributed by atoms with van der Waals surface area (Å²) in [5, 5.41) is 5.70. The molecule has 8 nitrogen and oxygen atoms in total. The van der Waals surface area contributed by atoms with Crippen LogP contribution in [0.15, 0.2) is 71.8 Å².